The average Bonchev–Trinajstić information content (AvgIpc) is 2.86. The van der Waals surface area contributed by atoms with Gasteiger partial charge in [-0.3, -0.25) is 0 Å². The van der Waals surface area contributed by atoms with Crippen LogP contribution in [0.5, 0.6) is 0 Å². The quantitative estimate of drug-likeness (QED) is 0.911. The molecule has 0 atom stereocenters. The number of hydrogen-bond acceptors (Lipinski definition) is 4. The molecular weight excluding hydrogens is 314 g/mol. The number of aromatic nitrogens is 1. The SMILES string of the molecule is O=S(=O)(NCc1coc(-c2ccccc2)n1)N1CCCCCC1. The molecule has 1 aliphatic rings. The fourth-order valence-corrected chi connectivity index (χ4v) is 3.89. The normalized spacial score (nSPS) is 17.0. The molecule has 2 heterocycles. The first-order valence-corrected chi connectivity index (χ1v) is 9.34. The van der Waals surface area contributed by atoms with E-state index in [1.807, 2.05) is 30.3 Å². The fraction of sp³-hybridized carbons (Fsp3) is 0.438. The minimum atomic E-state index is -3.46. The standard InChI is InChI=1S/C16H21N3O3S/c20-23(21,19-10-6-1-2-7-11-19)17-12-15-13-22-16(18-15)14-8-4-3-5-9-14/h3-5,8-9,13,17H,1-2,6-7,10-12H2. The molecule has 2 aromatic rings. The van der Waals surface area contributed by atoms with Crippen LogP contribution in [0, 0.1) is 0 Å². The van der Waals surface area contributed by atoms with E-state index in [4.69, 9.17) is 4.42 Å². The Morgan fingerprint density at radius 1 is 1.09 bits per heavy atom. The Morgan fingerprint density at radius 2 is 1.78 bits per heavy atom. The van der Waals surface area contributed by atoms with Gasteiger partial charge in [0.15, 0.2) is 0 Å². The molecule has 0 saturated carbocycles. The van der Waals surface area contributed by atoms with Gasteiger partial charge in [-0.2, -0.15) is 17.4 Å². The zero-order chi connectivity index (χ0) is 16.1. The molecule has 6 nitrogen and oxygen atoms in total. The summed E-state index contributed by atoms with van der Waals surface area (Å²) in [5.74, 6) is 0.495. The number of benzene rings is 1. The molecule has 3 rings (SSSR count). The van der Waals surface area contributed by atoms with E-state index in [2.05, 4.69) is 9.71 Å². The van der Waals surface area contributed by atoms with Crippen LogP contribution in [-0.2, 0) is 16.8 Å². The van der Waals surface area contributed by atoms with Gasteiger partial charge in [-0.05, 0) is 25.0 Å². The van der Waals surface area contributed by atoms with Crippen molar-refractivity contribution in [2.45, 2.75) is 32.2 Å². The van der Waals surface area contributed by atoms with Crippen molar-refractivity contribution in [2.24, 2.45) is 0 Å². The largest absolute Gasteiger partial charge is 0.444 e. The molecule has 1 aliphatic heterocycles. The monoisotopic (exact) mass is 335 g/mol. The van der Waals surface area contributed by atoms with Crippen molar-refractivity contribution in [1.29, 1.82) is 0 Å². The van der Waals surface area contributed by atoms with E-state index in [0.717, 1.165) is 31.2 Å². The molecule has 7 heteroatoms. The highest BCUT2D eigenvalue weighted by Crippen LogP contribution is 2.18. The predicted octanol–water partition coefficient (Wildman–Crippen LogP) is 2.55. The summed E-state index contributed by atoms with van der Waals surface area (Å²) < 4.78 is 34.3. The summed E-state index contributed by atoms with van der Waals surface area (Å²) in [6.07, 6.45) is 5.52. The lowest BCUT2D eigenvalue weighted by atomic mass is 10.2. The van der Waals surface area contributed by atoms with Crippen LogP contribution in [0.25, 0.3) is 11.5 Å². The maximum Gasteiger partial charge on any atom is 0.279 e. The molecule has 1 N–H and O–H groups in total. The highest BCUT2D eigenvalue weighted by Gasteiger charge is 2.22. The second-order valence-electron chi connectivity index (χ2n) is 5.65. The van der Waals surface area contributed by atoms with E-state index in [1.165, 1.54) is 10.6 Å². The summed E-state index contributed by atoms with van der Waals surface area (Å²) in [6.45, 7) is 1.31. The van der Waals surface area contributed by atoms with Crippen molar-refractivity contribution in [3.05, 3.63) is 42.3 Å². The van der Waals surface area contributed by atoms with Crippen molar-refractivity contribution in [3.63, 3.8) is 0 Å². The molecule has 1 fully saturated rings. The van der Waals surface area contributed by atoms with E-state index in [0.29, 0.717) is 24.7 Å². The minimum absolute atomic E-state index is 0.134. The fourth-order valence-electron chi connectivity index (χ4n) is 2.64. The van der Waals surface area contributed by atoms with E-state index in [1.54, 1.807) is 0 Å². The van der Waals surface area contributed by atoms with Gasteiger partial charge < -0.3 is 4.42 Å². The van der Waals surface area contributed by atoms with Crippen LogP contribution in [0.4, 0.5) is 0 Å². The summed E-state index contributed by atoms with van der Waals surface area (Å²) in [7, 11) is -3.46. The maximum atomic E-state index is 12.3. The maximum absolute atomic E-state index is 12.3. The van der Waals surface area contributed by atoms with Gasteiger partial charge in [-0.15, -0.1) is 0 Å². The van der Waals surface area contributed by atoms with Gasteiger partial charge in [0, 0.05) is 18.7 Å². The van der Waals surface area contributed by atoms with E-state index in [9.17, 15) is 8.42 Å². The molecule has 0 radical (unpaired) electrons. The topological polar surface area (TPSA) is 75.4 Å². The molecule has 124 valence electrons. The lowest BCUT2D eigenvalue weighted by Crippen LogP contribution is -2.40. The van der Waals surface area contributed by atoms with Crippen LogP contribution in [0.3, 0.4) is 0 Å². The number of rotatable bonds is 5. The van der Waals surface area contributed by atoms with Crippen molar-refractivity contribution >= 4 is 10.2 Å². The second-order valence-corrected chi connectivity index (χ2v) is 7.40. The first-order chi connectivity index (χ1) is 11.1. The summed E-state index contributed by atoms with van der Waals surface area (Å²) >= 11 is 0. The van der Waals surface area contributed by atoms with Gasteiger partial charge in [0.2, 0.25) is 5.89 Å². The van der Waals surface area contributed by atoms with Crippen LogP contribution in [-0.4, -0.2) is 30.8 Å². The van der Waals surface area contributed by atoms with Crippen LogP contribution in [0.1, 0.15) is 31.4 Å². The number of nitrogens with zero attached hydrogens (tertiary/aromatic N) is 2. The molecule has 1 aromatic carbocycles. The predicted molar refractivity (Wildman–Crippen MR) is 87.7 cm³/mol. The van der Waals surface area contributed by atoms with E-state index in [-0.39, 0.29) is 6.54 Å². The Morgan fingerprint density at radius 3 is 2.48 bits per heavy atom. The van der Waals surface area contributed by atoms with Crippen molar-refractivity contribution in [3.8, 4) is 11.5 Å². The number of nitrogens with one attached hydrogen (secondary N) is 1. The second kappa shape index (κ2) is 7.25. The van der Waals surface area contributed by atoms with Gasteiger partial charge in [0.1, 0.15) is 6.26 Å². The number of hydrogen-bond donors (Lipinski definition) is 1. The van der Waals surface area contributed by atoms with E-state index >= 15 is 0 Å². The van der Waals surface area contributed by atoms with Crippen LogP contribution < -0.4 is 4.72 Å². The van der Waals surface area contributed by atoms with E-state index < -0.39 is 10.2 Å². The summed E-state index contributed by atoms with van der Waals surface area (Å²) in [5, 5.41) is 0. The van der Waals surface area contributed by atoms with Gasteiger partial charge in [-0.1, -0.05) is 31.0 Å². The average molecular weight is 335 g/mol. The van der Waals surface area contributed by atoms with Gasteiger partial charge in [0.25, 0.3) is 10.2 Å². The van der Waals surface area contributed by atoms with Crippen LogP contribution >= 0.6 is 0 Å². The highest BCUT2D eigenvalue weighted by atomic mass is 32.2. The lowest BCUT2D eigenvalue weighted by Gasteiger charge is -2.19. The Kier molecular flexibility index (Phi) is 5.09. The Balaban J connectivity index is 1.63. The molecule has 0 bridgehead atoms. The molecular formula is C16H21N3O3S. The van der Waals surface area contributed by atoms with Gasteiger partial charge in [-0.25, -0.2) is 4.98 Å². The molecule has 0 spiro atoms. The molecule has 23 heavy (non-hydrogen) atoms. The van der Waals surface area contributed by atoms with Gasteiger partial charge in [0.05, 0.1) is 12.2 Å². The van der Waals surface area contributed by atoms with Crippen LogP contribution in [0.15, 0.2) is 41.0 Å². The summed E-state index contributed by atoms with van der Waals surface area (Å²) in [4.78, 5) is 4.34. The Hall–Kier alpha value is -1.70. The lowest BCUT2D eigenvalue weighted by molar-refractivity contribution is 0.414. The summed E-state index contributed by atoms with van der Waals surface area (Å²) in [5.41, 5.74) is 1.44. The van der Waals surface area contributed by atoms with Gasteiger partial charge >= 0.3 is 0 Å². The number of oxazole rings is 1. The van der Waals surface area contributed by atoms with Crippen molar-refractivity contribution in [1.82, 2.24) is 14.0 Å². The summed E-state index contributed by atoms with van der Waals surface area (Å²) in [6, 6.07) is 9.53. The molecule has 1 saturated heterocycles. The zero-order valence-corrected chi connectivity index (χ0v) is 13.8. The molecule has 1 aromatic heterocycles. The smallest absolute Gasteiger partial charge is 0.279 e. The first-order valence-electron chi connectivity index (χ1n) is 7.90. The highest BCUT2D eigenvalue weighted by molar-refractivity contribution is 7.87. The third-order valence-corrected chi connectivity index (χ3v) is 5.47. The Labute approximate surface area is 136 Å². The molecule has 0 unspecified atom stereocenters. The first kappa shape index (κ1) is 16.2. The molecule has 0 amide bonds. The zero-order valence-electron chi connectivity index (χ0n) is 12.9. The van der Waals surface area contributed by atoms with Crippen molar-refractivity contribution < 1.29 is 12.8 Å². The minimum Gasteiger partial charge on any atom is -0.444 e. The third kappa shape index (κ3) is 4.19. The Bertz CT molecular complexity index is 720. The van der Waals surface area contributed by atoms with Crippen LogP contribution in [0.2, 0.25) is 0 Å². The third-order valence-electron chi connectivity index (χ3n) is 3.91. The van der Waals surface area contributed by atoms with Crippen molar-refractivity contribution in [2.75, 3.05) is 13.1 Å². The molecule has 0 aliphatic carbocycles.